The molecule has 3 heterocycles. The minimum atomic E-state index is -0.318. The third kappa shape index (κ3) is 1.65. The van der Waals surface area contributed by atoms with Gasteiger partial charge in [0.2, 0.25) is 0 Å². The molecular formula is C14H8FN3OS. The standard InChI is InChI=1S/C14H8FN3OS/c15-8-2-1-7-3-10(16-9(7)4-8)13-14(19)18-12-6-20-5-11(12)17-13/h1-6,16H,(H,18,19). The minimum absolute atomic E-state index is 0.261. The molecule has 0 saturated heterocycles. The van der Waals surface area contributed by atoms with Gasteiger partial charge in [0.25, 0.3) is 5.56 Å². The molecule has 0 atom stereocenters. The molecule has 6 heteroatoms. The second-order valence-corrected chi connectivity index (χ2v) is 5.24. The molecule has 1 aromatic carbocycles. The molecule has 98 valence electrons. The lowest BCUT2D eigenvalue weighted by Gasteiger charge is -1.96. The molecule has 0 bridgehead atoms. The number of halogens is 1. The highest BCUT2D eigenvalue weighted by Gasteiger charge is 2.11. The quantitative estimate of drug-likeness (QED) is 0.564. The van der Waals surface area contributed by atoms with Crippen LogP contribution in [0, 0.1) is 5.82 Å². The van der Waals surface area contributed by atoms with Gasteiger partial charge in [-0.05, 0) is 24.3 Å². The molecule has 0 spiro atoms. The van der Waals surface area contributed by atoms with Crippen molar-refractivity contribution in [3.63, 3.8) is 0 Å². The monoisotopic (exact) mass is 285 g/mol. The van der Waals surface area contributed by atoms with Crippen molar-refractivity contribution in [3.8, 4) is 11.4 Å². The van der Waals surface area contributed by atoms with Gasteiger partial charge in [0.05, 0.1) is 16.7 Å². The highest BCUT2D eigenvalue weighted by molar-refractivity contribution is 7.09. The molecule has 3 aromatic heterocycles. The van der Waals surface area contributed by atoms with E-state index in [1.54, 1.807) is 12.1 Å². The van der Waals surface area contributed by atoms with Crippen LogP contribution < -0.4 is 5.56 Å². The predicted octanol–water partition coefficient (Wildman–Crippen LogP) is 3.27. The zero-order valence-corrected chi connectivity index (χ0v) is 10.9. The predicted molar refractivity (Wildman–Crippen MR) is 77.5 cm³/mol. The fourth-order valence-corrected chi connectivity index (χ4v) is 2.92. The van der Waals surface area contributed by atoms with Gasteiger partial charge in [-0.1, -0.05) is 0 Å². The maximum absolute atomic E-state index is 13.2. The first-order valence-corrected chi connectivity index (χ1v) is 6.90. The molecule has 4 rings (SSSR count). The fourth-order valence-electron chi connectivity index (χ4n) is 2.23. The summed E-state index contributed by atoms with van der Waals surface area (Å²) in [5.74, 6) is -0.318. The Hall–Kier alpha value is -2.47. The summed E-state index contributed by atoms with van der Waals surface area (Å²) in [6.45, 7) is 0. The molecule has 0 aliphatic rings. The first-order chi connectivity index (χ1) is 9.70. The number of nitrogens with one attached hydrogen (secondary N) is 2. The average molecular weight is 285 g/mol. The number of aromatic nitrogens is 3. The SMILES string of the molecule is O=c1[nH]c2cscc2nc1-c1cc2ccc(F)cc2[nH]1. The molecule has 0 fully saturated rings. The number of aromatic amines is 2. The van der Waals surface area contributed by atoms with Gasteiger partial charge in [-0.25, -0.2) is 9.37 Å². The third-order valence-electron chi connectivity index (χ3n) is 3.18. The Balaban J connectivity index is 1.99. The zero-order valence-electron chi connectivity index (χ0n) is 10.1. The summed E-state index contributed by atoms with van der Waals surface area (Å²) in [5, 5.41) is 4.55. The van der Waals surface area contributed by atoms with Crippen molar-refractivity contribution in [1.82, 2.24) is 15.0 Å². The Kier molecular flexibility index (Phi) is 2.28. The van der Waals surface area contributed by atoms with E-state index in [0.29, 0.717) is 16.9 Å². The lowest BCUT2D eigenvalue weighted by Crippen LogP contribution is -2.10. The number of hydrogen-bond donors (Lipinski definition) is 2. The fraction of sp³-hybridized carbons (Fsp3) is 0. The number of nitrogens with zero attached hydrogens (tertiary/aromatic N) is 1. The molecule has 4 aromatic rings. The highest BCUT2D eigenvalue weighted by atomic mass is 32.1. The third-order valence-corrected chi connectivity index (χ3v) is 3.91. The van der Waals surface area contributed by atoms with Gasteiger partial charge in [0.1, 0.15) is 5.82 Å². The Bertz CT molecular complexity index is 998. The number of H-pyrrole nitrogens is 2. The van der Waals surface area contributed by atoms with E-state index in [2.05, 4.69) is 15.0 Å². The van der Waals surface area contributed by atoms with E-state index in [0.717, 1.165) is 16.4 Å². The van der Waals surface area contributed by atoms with E-state index < -0.39 is 0 Å². The van der Waals surface area contributed by atoms with Crippen LogP contribution in [-0.4, -0.2) is 15.0 Å². The summed E-state index contributed by atoms with van der Waals surface area (Å²) >= 11 is 1.48. The Morgan fingerprint density at radius 2 is 2.00 bits per heavy atom. The van der Waals surface area contributed by atoms with Gasteiger partial charge < -0.3 is 9.97 Å². The Morgan fingerprint density at radius 3 is 2.90 bits per heavy atom. The molecule has 0 unspecified atom stereocenters. The number of thiophene rings is 1. The van der Waals surface area contributed by atoms with Crippen molar-refractivity contribution in [2.24, 2.45) is 0 Å². The van der Waals surface area contributed by atoms with Gasteiger partial charge in [0.15, 0.2) is 5.69 Å². The van der Waals surface area contributed by atoms with Crippen LogP contribution in [0.2, 0.25) is 0 Å². The number of rotatable bonds is 1. The molecule has 0 aliphatic carbocycles. The van der Waals surface area contributed by atoms with Crippen LogP contribution in [0.3, 0.4) is 0 Å². The summed E-state index contributed by atoms with van der Waals surface area (Å²) in [4.78, 5) is 22.3. The number of fused-ring (bicyclic) bond motifs is 2. The summed E-state index contributed by atoms with van der Waals surface area (Å²) in [7, 11) is 0. The van der Waals surface area contributed by atoms with Gasteiger partial charge in [-0.15, -0.1) is 11.3 Å². The average Bonchev–Trinajstić information content (AvgIpc) is 3.02. The molecule has 0 radical (unpaired) electrons. The first-order valence-electron chi connectivity index (χ1n) is 5.95. The van der Waals surface area contributed by atoms with Crippen molar-refractivity contribution >= 4 is 33.3 Å². The first kappa shape index (κ1) is 11.4. The van der Waals surface area contributed by atoms with Gasteiger partial charge >= 0.3 is 0 Å². The van der Waals surface area contributed by atoms with Crippen LogP contribution in [0.25, 0.3) is 33.3 Å². The van der Waals surface area contributed by atoms with Gasteiger partial charge in [0, 0.05) is 21.7 Å². The topological polar surface area (TPSA) is 61.5 Å². The van der Waals surface area contributed by atoms with Crippen molar-refractivity contribution < 1.29 is 4.39 Å². The normalized spacial score (nSPS) is 11.4. The van der Waals surface area contributed by atoms with E-state index in [1.807, 2.05) is 10.8 Å². The molecule has 0 amide bonds. The molecule has 2 N–H and O–H groups in total. The minimum Gasteiger partial charge on any atom is -0.353 e. The van der Waals surface area contributed by atoms with Gasteiger partial charge in [-0.3, -0.25) is 4.79 Å². The van der Waals surface area contributed by atoms with Crippen LogP contribution >= 0.6 is 11.3 Å². The molecular weight excluding hydrogens is 277 g/mol. The smallest absolute Gasteiger partial charge is 0.276 e. The number of benzene rings is 1. The second-order valence-electron chi connectivity index (χ2n) is 4.50. The van der Waals surface area contributed by atoms with E-state index >= 15 is 0 Å². The van der Waals surface area contributed by atoms with E-state index in [4.69, 9.17) is 0 Å². The van der Waals surface area contributed by atoms with Crippen LogP contribution in [0.5, 0.6) is 0 Å². The molecule has 20 heavy (non-hydrogen) atoms. The van der Waals surface area contributed by atoms with Crippen LogP contribution in [0.15, 0.2) is 39.8 Å². The molecule has 0 saturated carbocycles. The summed E-state index contributed by atoms with van der Waals surface area (Å²) < 4.78 is 13.2. The Labute approximate surface area is 115 Å². The van der Waals surface area contributed by atoms with Crippen molar-refractivity contribution in [3.05, 3.63) is 51.2 Å². The lowest BCUT2D eigenvalue weighted by atomic mass is 10.2. The van der Waals surface area contributed by atoms with Crippen LogP contribution in [0.1, 0.15) is 0 Å². The lowest BCUT2D eigenvalue weighted by molar-refractivity contribution is 0.629. The number of hydrogen-bond acceptors (Lipinski definition) is 3. The zero-order chi connectivity index (χ0) is 13.7. The summed E-state index contributed by atoms with van der Waals surface area (Å²) in [6, 6.07) is 6.25. The van der Waals surface area contributed by atoms with Crippen molar-refractivity contribution in [2.75, 3.05) is 0 Å². The highest BCUT2D eigenvalue weighted by Crippen LogP contribution is 2.23. The molecule has 4 nitrogen and oxygen atoms in total. The van der Waals surface area contributed by atoms with E-state index in [9.17, 15) is 9.18 Å². The van der Waals surface area contributed by atoms with Crippen LogP contribution in [0.4, 0.5) is 4.39 Å². The van der Waals surface area contributed by atoms with Crippen LogP contribution in [-0.2, 0) is 0 Å². The van der Waals surface area contributed by atoms with Gasteiger partial charge in [-0.2, -0.15) is 0 Å². The van der Waals surface area contributed by atoms with Crippen molar-refractivity contribution in [2.45, 2.75) is 0 Å². The summed E-state index contributed by atoms with van der Waals surface area (Å²) in [5.41, 5.74) is 2.75. The maximum atomic E-state index is 13.2. The Morgan fingerprint density at radius 1 is 1.10 bits per heavy atom. The largest absolute Gasteiger partial charge is 0.353 e. The van der Waals surface area contributed by atoms with E-state index in [-0.39, 0.29) is 11.4 Å². The second kappa shape index (κ2) is 4.01. The maximum Gasteiger partial charge on any atom is 0.276 e. The molecule has 0 aliphatic heterocycles. The van der Waals surface area contributed by atoms with E-state index in [1.165, 1.54) is 23.5 Å². The summed E-state index contributed by atoms with van der Waals surface area (Å²) in [6.07, 6.45) is 0. The van der Waals surface area contributed by atoms with Crippen molar-refractivity contribution in [1.29, 1.82) is 0 Å².